The Balaban J connectivity index is 2.33. The average molecular weight is 216 g/mol. The van der Waals surface area contributed by atoms with Crippen molar-refractivity contribution in [1.82, 2.24) is 14.5 Å². The van der Waals surface area contributed by atoms with Crippen molar-refractivity contribution >= 4 is 11.8 Å². The van der Waals surface area contributed by atoms with Crippen molar-refractivity contribution in [2.45, 2.75) is 10.2 Å². The molecule has 0 aliphatic rings. The molecule has 2 heterocycles. The van der Waals surface area contributed by atoms with Crippen LogP contribution in [0.15, 0.2) is 40.9 Å². The minimum absolute atomic E-state index is 0.575. The van der Waals surface area contributed by atoms with Crippen LogP contribution in [0.1, 0.15) is 5.56 Å². The molecule has 0 bridgehead atoms. The summed E-state index contributed by atoms with van der Waals surface area (Å²) >= 11 is 1.39. The maximum Gasteiger partial charge on any atom is 0.174 e. The number of imidazole rings is 1. The highest BCUT2D eigenvalue weighted by atomic mass is 32.2. The molecule has 2 rings (SSSR count). The number of nitrogens with zero attached hydrogens (tertiary/aromatic N) is 4. The number of hydrogen-bond donors (Lipinski definition) is 0. The smallest absolute Gasteiger partial charge is 0.174 e. The van der Waals surface area contributed by atoms with Crippen molar-refractivity contribution in [3.05, 3.63) is 36.3 Å². The fraction of sp³-hybridized carbons (Fsp3) is 0.100. The van der Waals surface area contributed by atoms with E-state index < -0.39 is 0 Å². The standard InChI is InChI=1S/C10H8N4S/c1-14-6-5-13-10(14)15-9-8(7-11)3-2-4-12-9/h2-6H,1H3. The Labute approximate surface area is 91.6 Å². The largest absolute Gasteiger partial charge is 0.329 e. The Bertz CT molecular complexity index is 512. The van der Waals surface area contributed by atoms with Gasteiger partial charge in [-0.05, 0) is 23.9 Å². The van der Waals surface area contributed by atoms with Crippen LogP contribution in [0.25, 0.3) is 0 Å². The van der Waals surface area contributed by atoms with Crippen LogP contribution in [0.2, 0.25) is 0 Å². The number of aryl methyl sites for hydroxylation is 1. The quantitative estimate of drug-likeness (QED) is 0.768. The van der Waals surface area contributed by atoms with Crippen LogP contribution in [0.5, 0.6) is 0 Å². The highest BCUT2D eigenvalue weighted by Crippen LogP contribution is 2.26. The predicted octanol–water partition coefficient (Wildman–Crippen LogP) is 1.84. The maximum absolute atomic E-state index is 8.89. The van der Waals surface area contributed by atoms with E-state index in [0.29, 0.717) is 10.6 Å². The van der Waals surface area contributed by atoms with Crippen LogP contribution in [0, 0.1) is 11.3 Å². The molecule has 0 saturated heterocycles. The molecule has 0 aliphatic carbocycles. The van der Waals surface area contributed by atoms with Crippen molar-refractivity contribution in [1.29, 1.82) is 5.26 Å². The first kappa shape index (κ1) is 9.74. The SMILES string of the molecule is Cn1ccnc1Sc1ncccc1C#N. The number of hydrogen-bond acceptors (Lipinski definition) is 4. The van der Waals surface area contributed by atoms with Gasteiger partial charge in [0.2, 0.25) is 0 Å². The Morgan fingerprint density at radius 1 is 1.40 bits per heavy atom. The number of pyridine rings is 1. The second kappa shape index (κ2) is 4.15. The highest BCUT2D eigenvalue weighted by Gasteiger charge is 2.07. The molecule has 2 aromatic rings. The fourth-order valence-electron chi connectivity index (χ4n) is 1.09. The van der Waals surface area contributed by atoms with Gasteiger partial charge >= 0.3 is 0 Å². The van der Waals surface area contributed by atoms with Crippen molar-refractivity contribution in [2.24, 2.45) is 7.05 Å². The normalized spacial score (nSPS) is 9.87. The van der Waals surface area contributed by atoms with Gasteiger partial charge in [0, 0.05) is 25.6 Å². The minimum atomic E-state index is 0.575. The average Bonchev–Trinajstić information content (AvgIpc) is 2.65. The van der Waals surface area contributed by atoms with Gasteiger partial charge in [0.1, 0.15) is 11.1 Å². The van der Waals surface area contributed by atoms with E-state index in [2.05, 4.69) is 16.0 Å². The summed E-state index contributed by atoms with van der Waals surface area (Å²) < 4.78 is 1.89. The van der Waals surface area contributed by atoms with E-state index in [-0.39, 0.29) is 0 Å². The summed E-state index contributed by atoms with van der Waals surface area (Å²) in [4.78, 5) is 8.32. The third-order valence-electron chi connectivity index (χ3n) is 1.86. The lowest BCUT2D eigenvalue weighted by Crippen LogP contribution is -1.91. The van der Waals surface area contributed by atoms with E-state index in [0.717, 1.165) is 5.16 Å². The fourth-order valence-corrected chi connectivity index (χ4v) is 1.92. The Morgan fingerprint density at radius 3 is 2.93 bits per heavy atom. The molecule has 0 atom stereocenters. The van der Waals surface area contributed by atoms with Gasteiger partial charge in [-0.3, -0.25) is 0 Å². The van der Waals surface area contributed by atoms with Gasteiger partial charge in [-0.15, -0.1) is 0 Å². The van der Waals surface area contributed by atoms with Crippen molar-refractivity contribution in [2.75, 3.05) is 0 Å². The molecule has 2 aromatic heterocycles. The van der Waals surface area contributed by atoms with E-state index in [1.165, 1.54) is 11.8 Å². The predicted molar refractivity (Wildman–Crippen MR) is 56.3 cm³/mol. The zero-order valence-electron chi connectivity index (χ0n) is 8.08. The molecule has 0 aromatic carbocycles. The van der Waals surface area contributed by atoms with Gasteiger partial charge in [0.15, 0.2) is 5.16 Å². The zero-order chi connectivity index (χ0) is 10.7. The molecule has 0 aliphatic heterocycles. The monoisotopic (exact) mass is 216 g/mol. The summed E-state index contributed by atoms with van der Waals surface area (Å²) in [5.74, 6) is 0. The second-order valence-electron chi connectivity index (χ2n) is 2.89. The molecule has 0 N–H and O–H groups in total. The van der Waals surface area contributed by atoms with E-state index in [9.17, 15) is 0 Å². The molecule has 5 heteroatoms. The van der Waals surface area contributed by atoms with Gasteiger partial charge in [-0.2, -0.15) is 5.26 Å². The topological polar surface area (TPSA) is 54.5 Å². The third kappa shape index (κ3) is 2.00. The van der Waals surface area contributed by atoms with E-state index in [4.69, 9.17) is 5.26 Å². The van der Waals surface area contributed by atoms with Crippen LogP contribution in [0.4, 0.5) is 0 Å². The van der Waals surface area contributed by atoms with Gasteiger partial charge in [0.05, 0.1) is 5.56 Å². The lowest BCUT2D eigenvalue weighted by atomic mass is 10.3. The van der Waals surface area contributed by atoms with E-state index >= 15 is 0 Å². The van der Waals surface area contributed by atoms with Crippen molar-refractivity contribution in [3.8, 4) is 6.07 Å². The maximum atomic E-state index is 8.89. The highest BCUT2D eigenvalue weighted by molar-refractivity contribution is 7.99. The van der Waals surface area contributed by atoms with Crippen LogP contribution >= 0.6 is 11.8 Å². The molecule has 0 unspecified atom stereocenters. The van der Waals surface area contributed by atoms with E-state index in [1.54, 1.807) is 24.5 Å². The molecule has 0 amide bonds. The molecule has 74 valence electrons. The summed E-state index contributed by atoms with van der Waals surface area (Å²) in [5.41, 5.74) is 0.575. The van der Waals surface area contributed by atoms with Crippen molar-refractivity contribution < 1.29 is 0 Å². The van der Waals surface area contributed by atoms with Crippen LogP contribution in [-0.4, -0.2) is 14.5 Å². The van der Waals surface area contributed by atoms with Crippen molar-refractivity contribution in [3.63, 3.8) is 0 Å². The first-order chi connectivity index (χ1) is 7.31. The number of aromatic nitrogens is 3. The van der Waals surface area contributed by atoms with Gasteiger partial charge in [-0.25, -0.2) is 9.97 Å². The van der Waals surface area contributed by atoms with E-state index in [1.807, 2.05) is 17.8 Å². The van der Waals surface area contributed by atoms with Crippen LogP contribution in [-0.2, 0) is 7.05 Å². The first-order valence-corrected chi connectivity index (χ1v) is 5.13. The second-order valence-corrected chi connectivity index (χ2v) is 3.85. The lowest BCUT2D eigenvalue weighted by Gasteiger charge is -2.01. The molecular weight excluding hydrogens is 208 g/mol. The summed E-state index contributed by atoms with van der Waals surface area (Å²) in [7, 11) is 1.91. The molecule has 0 radical (unpaired) electrons. The Morgan fingerprint density at radius 2 is 2.27 bits per heavy atom. The molecule has 0 saturated carbocycles. The first-order valence-electron chi connectivity index (χ1n) is 4.31. The molecule has 0 fully saturated rings. The molecular formula is C10H8N4S. The van der Waals surface area contributed by atoms with Gasteiger partial charge < -0.3 is 4.57 Å². The molecule has 15 heavy (non-hydrogen) atoms. The molecule has 4 nitrogen and oxygen atoms in total. The Hall–Kier alpha value is -1.80. The minimum Gasteiger partial charge on any atom is -0.329 e. The lowest BCUT2D eigenvalue weighted by molar-refractivity contribution is 0.788. The van der Waals surface area contributed by atoms with Gasteiger partial charge in [-0.1, -0.05) is 0 Å². The van der Waals surface area contributed by atoms with Crippen LogP contribution < -0.4 is 0 Å². The number of nitriles is 1. The summed E-state index contributed by atoms with van der Waals surface area (Å²) in [6.45, 7) is 0. The number of rotatable bonds is 2. The summed E-state index contributed by atoms with van der Waals surface area (Å²) in [6, 6.07) is 5.61. The summed E-state index contributed by atoms with van der Waals surface area (Å²) in [6.07, 6.45) is 5.25. The third-order valence-corrected chi connectivity index (χ3v) is 2.95. The van der Waals surface area contributed by atoms with Crippen LogP contribution in [0.3, 0.4) is 0 Å². The molecule has 0 spiro atoms. The summed E-state index contributed by atoms with van der Waals surface area (Å²) in [5, 5.41) is 10.4. The van der Waals surface area contributed by atoms with Gasteiger partial charge in [0.25, 0.3) is 0 Å². The zero-order valence-corrected chi connectivity index (χ0v) is 8.90. The Kier molecular flexibility index (Phi) is 2.70.